The summed E-state index contributed by atoms with van der Waals surface area (Å²) in [6.45, 7) is 13.2. The average Bonchev–Trinajstić information content (AvgIpc) is 3.10. The molecule has 0 radical (unpaired) electrons. The number of esters is 4. The summed E-state index contributed by atoms with van der Waals surface area (Å²) in [5.74, 6) is -5.09. The van der Waals surface area contributed by atoms with Gasteiger partial charge in [-0.1, -0.05) is 33.4 Å². The molecular formula is C29H41ClO10. The molecule has 1 heterocycles. The maximum atomic E-state index is 12.9. The van der Waals surface area contributed by atoms with Crippen molar-refractivity contribution in [1.29, 1.82) is 0 Å². The van der Waals surface area contributed by atoms with Gasteiger partial charge in [0, 0.05) is 31.1 Å². The van der Waals surface area contributed by atoms with Crippen LogP contribution in [0, 0.1) is 17.3 Å². The molecular weight excluding hydrogens is 544 g/mol. The number of hydrogen-bond donors (Lipinski definition) is 2. The van der Waals surface area contributed by atoms with Crippen molar-refractivity contribution in [2.45, 2.75) is 115 Å². The molecule has 10 nitrogen and oxygen atoms in total. The van der Waals surface area contributed by atoms with E-state index in [0.717, 1.165) is 6.92 Å². The quantitative estimate of drug-likeness (QED) is 0.271. The Kier molecular flexibility index (Phi) is 9.48. The first-order valence-corrected chi connectivity index (χ1v) is 14.2. The second-order valence-corrected chi connectivity index (χ2v) is 12.0. The molecule has 0 aromatic rings. The number of ether oxygens (including phenoxy) is 4. The van der Waals surface area contributed by atoms with Gasteiger partial charge in [0.1, 0.15) is 23.9 Å². The van der Waals surface area contributed by atoms with Crippen LogP contribution in [0.25, 0.3) is 0 Å². The predicted molar refractivity (Wildman–Crippen MR) is 144 cm³/mol. The van der Waals surface area contributed by atoms with Crippen molar-refractivity contribution in [3.63, 3.8) is 0 Å². The van der Waals surface area contributed by atoms with Crippen molar-refractivity contribution in [2.75, 3.05) is 0 Å². The lowest BCUT2D eigenvalue weighted by Crippen LogP contribution is -2.71. The Morgan fingerprint density at radius 3 is 2.38 bits per heavy atom. The molecule has 224 valence electrons. The molecule has 2 fully saturated rings. The van der Waals surface area contributed by atoms with Gasteiger partial charge >= 0.3 is 23.9 Å². The van der Waals surface area contributed by atoms with E-state index >= 15 is 0 Å². The molecule has 2 N–H and O–H groups in total. The zero-order chi connectivity index (χ0) is 30.2. The van der Waals surface area contributed by atoms with Crippen LogP contribution in [0.3, 0.4) is 0 Å². The van der Waals surface area contributed by atoms with Crippen LogP contribution in [-0.2, 0) is 38.1 Å². The minimum Gasteiger partial charge on any atom is -0.459 e. The van der Waals surface area contributed by atoms with Gasteiger partial charge in [-0.05, 0) is 44.8 Å². The first-order chi connectivity index (χ1) is 18.5. The molecule has 0 aromatic heterocycles. The second-order valence-electron chi connectivity index (χ2n) is 11.6. The smallest absolute Gasteiger partial charge is 0.312 e. The Labute approximate surface area is 240 Å². The number of alkyl halides is 1. The number of halogens is 1. The summed E-state index contributed by atoms with van der Waals surface area (Å²) >= 11 is 6.72. The summed E-state index contributed by atoms with van der Waals surface area (Å²) in [6, 6.07) is 0. The third kappa shape index (κ3) is 5.54. The number of allylic oxidation sites excluding steroid dienone is 1. The summed E-state index contributed by atoms with van der Waals surface area (Å²) in [5, 5.41) is 23.5. The normalized spacial score (nSPS) is 42.1. The van der Waals surface area contributed by atoms with Crippen LogP contribution in [0.4, 0.5) is 0 Å². The van der Waals surface area contributed by atoms with Gasteiger partial charge in [0.15, 0.2) is 11.7 Å². The topological polar surface area (TPSA) is 146 Å². The number of carbonyl (C=O) groups excluding carboxylic acids is 4. The molecule has 10 atom stereocenters. The molecule has 0 spiro atoms. The lowest BCUT2D eigenvalue weighted by atomic mass is 9.52. The number of hydrogen-bond acceptors (Lipinski definition) is 10. The van der Waals surface area contributed by atoms with E-state index in [1.165, 1.54) is 13.8 Å². The van der Waals surface area contributed by atoms with Crippen LogP contribution < -0.4 is 0 Å². The van der Waals surface area contributed by atoms with E-state index < -0.39 is 82.1 Å². The standard InChI is InChI=1S/C29H41ClO10/c1-8-10-21(33)39-19-13-14-27(6)18(38-20(32)9-2)12-11-15(3)22(30)24-29(36,16(4)26(34)40-24)25(37-17(5)31)23(27)28(19,7)35/h11-12,16,18-19,22-25,35-36H,3,8-10,13-14H2,1-2,4-7H3/b12-11+/t16-,18-,19-,22-,23+,24-,25+,27+,28+,29-/m0/s1. The van der Waals surface area contributed by atoms with Gasteiger partial charge in [0.05, 0.1) is 11.3 Å². The van der Waals surface area contributed by atoms with Gasteiger partial charge in [-0.25, -0.2) is 0 Å². The van der Waals surface area contributed by atoms with Gasteiger partial charge in [-0.3, -0.25) is 19.2 Å². The molecule has 0 amide bonds. The fraction of sp³-hybridized carbons (Fsp3) is 0.724. The first-order valence-electron chi connectivity index (χ1n) is 13.8. The van der Waals surface area contributed by atoms with E-state index in [1.807, 2.05) is 6.92 Å². The Balaban J connectivity index is 2.34. The van der Waals surface area contributed by atoms with Crippen molar-refractivity contribution >= 4 is 35.5 Å². The summed E-state index contributed by atoms with van der Waals surface area (Å²) in [5.41, 5.74) is -5.12. The third-order valence-electron chi connectivity index (χ3n) is 8.76. The SMILES string of the molecule is C=C1/C=C/[C@H](OC(=O)CC)[C@@]2(C)CC[C@H](OC(=O)CCC)[C@@](C)(O)[C@@H]2[C@@H](OC(C)=O)[C@]2(O)[C@@H](C)C(=O)O[C@H]2[C@H]1Cl. The molecule has 0 bridgehead atoms. The molecule has 40 heavy (non-hydrogen) atoms. The third-order valence-corrected chi connectivity index (χ3v) is 9.27. The van der Waals surface area contributed by atoms with Crippen LogP contribution in [0.2, 0.25) is 0 Å². The Morgan fingerprint density at radius 2 is 1.80 bits per heavy atom. The highest BCUT2D eigenvalue weighted by Gasteiger charge is 2.71. The lowest BCUT2D eigenvalue weighted by molar-refractivity contribution is -0.265. The summed E-state index contributed by atoms with van der Waals surface area (Å²) < 4.78 is 23.0. The molecule has 1 saturated carbocycles. The number of aliphatic hydroxyl groups is 2. The van der Waals surface area contributed by atoms with Crippen LogP contribution in [0.15, 0.2) is 24.3 Å². The number of carbonyl (C=O) groups is 4. The van der Waals surface area contributed by atoms with Crippen molar-refractivity contribution in [3.8, 4) is 0 Å². The Bertz CT molecular complexity index is 1070. The second kappa shape index (κ2) is 11.8. The summed E-state index contributed by atoms with van der Waals surface area (Å²) in [7, 11) is 0. The maximum Gasteiger partial charge on any atom is 0.312 e. The van der Waals surface area contributed by atoms with E-state index in [0.29, 0.717) is 6.42 Å². The zero-order valence-corrected chi connectivity index (χ0v) is 24.7. The van der Waals surface area contributed by atoms with E-state index in [9.17, 15) is 29.4 Å². The maximum absolute atomic E-state index is 12.9. The number of fused-ring (bicyclic) bond motifs is 2. The molecule has 0 unspecified atom stereocenters. The fourth-order valence-corrected chi connectivity index (χ4v) is 6.84. The molecule has 2 aliphatic carbocycles. The largest absolute Gasteiger partial charge is 0.459 e. The molecule has 11 heteroatoms. The number of rotatable bonds is 6. The van der Waals surface area contributed by atoms with Gasteiger partial charge < -0.3 is 29.2 Å². The van der Waals surface area contributed by atoms with E-state index in [4.69, 9.17) is 30.5 Å². The highest BCUT2D eigenvalue weighted by atomic mass is 35.5. The minimum absolute atomic E-state index is 0.0660. The van der Waals surface area contributed by atoms with Gasteiger partial charge in [0.25, 0.3) is 0 Å². The van der Waals surface area contributed by atoms with E-state index in [2.05, 4.69) is 6.58 Å². The highest BCUT2D eigenvalue weighted by Crippen LogP contribution is 2.57. The minimum atomic E-state index is -2.24. The Hall–Kier alpha value is -2.43. The molecule has 0 aromatic carbocycles. The predicted octanol–water partition coefficient (Wildman–Crippen LogP) is 3.15. The monoisotopic (exact) mass is 584 g/mol. The van der Waals surface area contributed by atoms with Crippen LogP contribution in [-0.4, -0.2) is 75.1 Å². The summed E-state index contributed by atoms with van der Waals surface area (Å²) in [6.07, 6.45) is -0.811. The van der Waals surface area contributed by atoms with Crippen LogP contribution >= 0.6 is 11.6 Å². The zero-order valence-electron chi connectivity index (χ0n) is 24.0. The summed E-state index contributed by atoms with van der Waals surface area (Å²) in [4.78, 5) is 50.7. The molecule has 3 aliphatic rings. The van der Waals surface area contributed by atoms with Crippen molar-refractivity contribution in [1.82, 2.24) is 0 Å². The van der Waals surface area contributed by atoms with Crippen molar-refractivity contribution in [3.05, 3.63) is 24.3 Å². The Morgan fingerprint density at radius 1 is 1.15 bits per heavy atom. The highest BCUT2D eigenvalue weighted by molar-refractivity contribution is 6.23. The van der Waals surface area contributed by atoms with Gasteiger partial charge in [0.2, 0.25) is 0 Å². The van der Waals surface area contributed by atoms with Gasteiger partial charge in [-0.2, -0.15) is 0 Å². The average molecular weight is 585 g/mol. The van der Waals surface area contributed by atoms with E-state index in [1.54, 1.807) is 26.0 Å². The van der Waals surface area contributed by atoms with E-state index in [-0.39, 0.29) is 31.3 Å². The van der Waals surface area contributed by atoms with Crippen LogP contribution in [0.1, 0.15) is 73.6 Å². The molecule has 1 aliphatic heterocycles. The fourth-order valence-electron chi connectivity index (χ4n) is 6.51. The molecule has 3 rings (SSSR count). The van der Waals surface area contributed by atoms with Crippen molar-refractivity contribution < 1.29 is 48.3 Å². The van der Waals surface area contributed by atoms with Gasteiger partial charge in [-0.15, -0.1) is 11.6 Å². The van der Waals surface area contributed by atoms with Crippen molar-refractivity contribution in [2.24, 2.45) is 17.3 Å². The van der Waals surface area contributed by atoms with Crippen LogP contribution in [0.5, 0.6) is 0 Å². The lowest BCUT2D eigenvalue weighted by Gasteiger charge is -2.58. The first kappa shape index (κ1) is 32.1. The molecule has 1 saturated heterocycles.